The maximum Gasteiger partial charge on any atom is 0.175 e. The molecule has 0 aromatic heterocycles. The summed E-state index contributed by atoms with van der Waals surface area (Å²) in [6.45, 7) is 8.57. The van der Waals surface area contributed by atoms with Gasteiger partial charge in [0.15, 0.2) is 9.84 Å². The normalized spacial score (nSPS) is 13.5. The van der Waals surface area contributed by atoms with E-state index in [1.807, 2.05) is 48.5 Å². The van der Waals surface area contributed by atoms with Crippen LogP contribution < -0.4 is 0 Å². The third-order valence-corrected chi connectivity index (χ3v) is 7.84. The summed E-state index contributed by atoms with van der Waals surface area (Å²) in [6.07, 6.45) is 2.74. The third-order valence-electron chi connectivity index (χ3n) is 6.47. The van der Waals surface area contributed by atoms with Crippen molar-refractivity contribution in [1.82, 2.24) is 0 Å². The summed E-state index contributed by atoms with van der Waals surface area (Å²) in [5, 5.41) is 10.4. The quantitative estimate of drug-likeness (QED) is 0.327. The highest BCUT2D eigenvalue weighted by Gasteiger charge is 2.18. The van der Waals surface area contributed by atoms with Gasteiger partial charge >= 0.3 is 0 Å². The van der Waals surface area contributed by atoms with Crippen molar-refractivity contribution < 1.29 is 8.42 Å². The van der Waals surface area contributed by atoms with Crippen molar-refractivity contribution in [3.63, 3.8) is 0 Å². The Bertz CT molecular complexity index is 1300. The summed E-state index contributed by atoms with van der Waals surface area (Å²) in [4.78, 5) is 0.358. The zero-order valence-corrected chi connectivity index (χ0v) is 22.0. The predicted molar refractivity (Wildman–Crippen MR) is 140 cm³/mol. The van der Waals surface area contributed by atoms with Crippen LogP contribution in [0, 0.1) is 11.3 Å². The van der Waals surface area contributed by atoms with Gasteiger partial charge in [0.2, 0.25) is 0 Å². The van der Waals surface area contributed by atoms with Gasteiger partial charge in [-0.15, -0.1) is 0 Å². The monoisotopic (exact) mass is 493 g/mol. The van der Waals surface area contributed by atoms with E-state index in [9.17, 15) is 13.7 Å². The fraction of sp³-hybridized carbons (Fsp3) is 0.345. The van der Waals surface area contributed by atoms with Crippen LogP contribution >= 0.6 is 11.6 Å². The molecule has 0 saturated heterocycles. The predicted octanol–water partition coefficient (Wildman–Crippen LogP) is 7.43. The first-order valence-electron chi connectivity index (χ1n) is 11.6. The zero-order valence-electron chi connectivity index (χ0n) is 20.5. The molecule has 3 aromatic rings. The van der Waals surface area contributed by atoms with Crippen LogP contribution in [0.4, 0.5) is 0 Å². The van der Waals surface area contributed by atoms with Crippen LogP contribution in [-0.4, -0.2) is 14.7 Å². The van der Waals surface area contributed by atoms with Crippen molar-refractivity contribution in [1.29, 1.82) is 5.26 Å². The van der Waals surface area contributed by atoms with E-state index in [0.29, 0.717) is 21.4 Å². The van der Waals surface area contributed by atoms with Crippen LogP contribution in [0.3, 0.4) is 0 Å². The molecule has 0 heterocycles. The molecular formula is C29H32ClNO2S. The van der Waals surface area contributed by atoms with Crippen molar-refractivity contribution in [3.05, 3.63) is 99.1 Å². The lowest BCUT2D eigenvalue weighted by molar-refractivity contribution is 0.601. The van der Waals surface area contributed by atoms with Gasteiger partial charge in [-0.25, -0.2) is 8.42 Å². The molecule has 34 heavy (non-hydrogen) atoms. The smallest absolute Gasteiger partial charge is 0.175 e. The van der Waals surface area contributed by atoms with E-state index in [1.165, 1.54) is 17.4 Å². The molecule has 0 N–H and O–H groups in total. The highest BCUT2D eigenvalue weighted by atomic mass is 35.5. The molecule has 3 rings (SSSR count). The standard InChI is InChI=1S/C29H32ClNO2S/c1-19(2)29-13-12-28(34(5,32)33)17-26(29)15-21(4)23-6-7-24(18-31)25(16-23)14-20(3)22-8-10-27(30)11-9-22/h6-13,16-17,19-21H,14-15H2,1-5H3. The molecule has 3 nitrogen and oxygen atoms in total. The van der Waals surface area contributed by atoms with Crippen LogP contribution in [0.2, 0.25) is 5.02 Å². The van der Waals surface area contributed by atoms with Gasteiger partial charge in [0.25, 0.3) is 0 Å². The van der Waals surface area contributed by atoms with Gasteiger partial charge < -0.3 is 0 Å². The molecule has 2 unspecified atom stereocenters. The number of hydrogen-bond acceptors (Lipinski definition) is 3. The van der Waals surface area contributed by atoms with E-state index in [2.05, 4.69) is 39.8 Å². The average molecular weight is 494 g/mol. The van der Waals surface area contributed by atoms with Gasteiger partial charge in [0.1, 0.15) is 0 Å². The summed E-state index contributed by atoms with van der Waals surface area (Å²) in [7, 11) is -3.27. The molecule has 178 valence electrons. The number of benzene rings is 3. The number of rotatable bonds is 8. The topological polar surface area (TPSA) is 57.9 Å². The molecule has 3 aromatic carbocycles. The number of halogens is 1. The summed E-state index contributed by atoms with van der Waals surface area (Å²) < 4.78 is 24.3. The molecular weight excluding hydrogens is 462 g/mol. The summed E-state index contributed by atoms with van der Waals surface area (Å²) >= 11 is 6.04. The van der Waals surface area contributed by atoms with E-state index in [4.69, 9.17) is 11.6 Å². The Morgan fingerprint density at radius 1 is 0.824 bits per heavy atom. The van der Waals surface area contributed by atoms with Crippen LogP contribution in [0.25, 0.3) is 0 Å². The SMILES string of the molecule is CC(C)c1ccc(S(C)(=O)=O)cc1CC(C)c1ccc(C#N)c(CC(C)c2ccc(Cl)cc2)c1. The number of hydrogen-bond donors (Lipinski definition) is 0. The Morgan fingerprint density at radius 3 is 2.00 bits per heavy atom. The summed E-state index contributed by atoms with van der Waals surface area (Å²) in [5.74, 6) is 0.714. The van der Waals surface area contributed by atoms with Crippen molar-refractivity contribution in [3.8, 4) is 6.07 Å². The maximum absolute atomic E-state index is 12.1. The highest BCUT2D eigenvalue weighted by Crippen LogP contribution is 2.31. The first kappa shape index (κ1) is 26.0. The fourth-order valence-corrected chi connectivity index (χ4v) is 5.24. The number of nitrogens with zero attached hydrogens (tertiary/aromatic N) is 1. The van der Waals surface area contributed by atoms with E-state index in [0.717, 1.165) is 29.5 Å². The molecule has 0 fully saturated rings. The first-order chi connectivity index (χ1) is 16.0. The molecule has 0 radical (unpaired) electrons. The second-order valence-corrected chi connectivity index (χ2v) is 12.0. The summed E-state index contributed by atoms with van der Waals surface area (Å²) in [5.41, 5.74) is 6.29. The molecule has 2 atom stereocenters. The van der Waals surface area contributed by atoms with Gasteiger partial charge in [0.05, 0.1) is 16.5 Å². The van der Waals surface area contributed by atoms with E-state index in [1.54, 1.807) is 6.07 Å². The molecule has 0 saturated carbocycles. The Labute approximate surface area is 209 Å². The largest absolute Gasteiger partial charge is 0.224 e. The van der Waals surface area contributed by atoms with Crippen molar-refractivity contribution in [2.75, 3.05) is 6.26 Å². The number of sulfone groups is 1. The molecule has 0 aliphatic rings. The fourth-order valence-electron chi connectivity index (χ4n) is 4.44. The van der Waals surface area contributed by atoms with Crippen molar-refractivity contribution >= 4 is 21.4 Å². The van der Waals surface area contributed by atoms with Gasteiger partial charge in [-0.3, -0.25) is 0 Å². The maximum atomic E-state index is 12.1. The Morgan fingerprint density at radius 2 is 1.41 bits per heavy atom. The minimum atomic E-state index is -3.27. The van der Waals surface area contributed by atoms with E-state index < -0.39 is 9.84 Å². The Balaban J connectivity index is 1.91. The second-order valence-electron chi connectivity index (χ2n) is 9.58. The van der Waals surface area contributed by atoms with Gasteiger partial charge in [0, 0.05) is 11.3 Å². The minimum absolute atomic E-state index is 0.171. The molecule has 0 amide bonds. The van der Waals surface area contributed by atoms with Crippen LogP contribution in [0.1, 0.15) is 78.8 Å². The first-order valence-corrected chi connectivity index (χ1v) is 13.9. The van der Waals surface area contributed by atoms with E-state index in [-0.39, 0.29) is 11.8 Å². The molecule has 0 aliphatic heterocycles. The molecule has 0 aliphatic carbocycles. The lowest BCUT2D eigenvalue weighted by Crippen LogP contribution is -2.07. The van der Waals surface area contributed by atoms with Crippen LogP contribution in [-0.2, 0) is 22.7 Å². The lowest BCUT2D eigenvalue weighted by Gasteiger charge is -2.20. The molecule has 0 spiro atoms. The van der Waals surface area contributed by atoms with Gasteiger partial charge in [-0.1, -0.05) is 69.6 Å². The van der Waals surface area contributed by atoms with Crippen LogP contribution in [0.15, 0.2) is 65.6 Å². The third kappa shape index (κ3) is 6.29. The molecule has 0 bridgehead atoms. The second kappa shape index (κ2) is 10.8. The summed E-state index contributed by atoms with van der Waals surface area (Å²) in [6, 6.07) is 21.8. The van der Waals surface area contributed by atoms with Crippen LogP contribution in [0.5, 0.6) is 0 Å². The van der Waals surface area contributed by atoms with Crippen molar-refractivity contribution in [2.24, 2.45) is 0 Å². The van der Waals surface area contributed by atoms with Gasteiger partial charge in [-0.2, -0.15) is 5.26 Å². The highest BCUT2D eigenvalue weighted by molar-refractivity contribution is 7.90. The van der Waals surface area contributed by atoms with Gasteiger partial charge in [-0.05, 0) is 88.7 Å². The van der Waals surface area contributed by atoms with E-state index >= 15 is 0 Å². The zero-order chi connectivity index (χ0) is 25.0. The minimum Gasteiger partial charge on any atom is -0.224 e. The Hall–Kier alpha value is -2.61. The molecule has 5 heteroatoms. The average Bonchev–Trinajstić information content (AvgIpc) is 2.78. The number of nitriles is 1. The van der Waals surface area contributed by atoms with Crippen molar-refractivity contribution in [2.45, 2.75) is 63.2 Å². The Kier molecular flexibility index (Phi) is 8.23. The lowest BCUT2D eigenvalue weighted by atomic mass is 9.85.